The van der Waals surface area contributed by atoms with Crippen LogP contribution in [-0.4, -0.2) is 17.7 Å². The molecule has 16 heavy (non-hydrogen) atoms. The molecule has 0 aliphatic carbocycles. The lowest BCUT2D eigenvalue weighted by Crippen LogP contribution is -2.31. The lowest BCUT2D eigenvalue weighted by atomic mass is 10.0. The molecule has 0 aromatic carbocycles. The molecule has 3 nitrogen and oxygen atoms in total. The fourth-order valence-corrected chi connectivity index (χ4v) is 1.75. The van der Waals surface area contributed by atoms with Gasteiger partial charge in [0.15, 0.2) is 0 Å². The summed E-state index contributed by atoms with van der Waals surface area (Å²) in [6.45, 7) is 7.16. The van der Waals surface area contributed by atoms with Crippen LogP contribution in [0.25, 0.3) is 0 Å². The van der Waals surface area contributed by atoms with Crippen LogP contribution < -0.4 is 5.32 Å². The molecule has 1 rings (SSSR count). The summed E-state index contributed by atoms with van der Waals surface area (Å²) in [4.78, 5) is 0. The highest BCUT2D eigenvalue weighted by Crippen LogP contribution is 2.13. The summed E-state index contributed by atoms with van der Waals surface area (Å²) in [5, 5.41) is 13.1. The number of furan rings is 1. The van der Waals surface area contributed by atoms with Crippen molar-refractivity contribution < 1.29 is 9.52 Å². The van der Waals surface area contributed by atoms with Gasteiger partial charge in [0.05, 0.1) is 6.26 Å². The third-order valence-corrected chi connectivity index (χ3v) is 2.98. The van der Waals surface area contributed by atoms with Crippen LogP contribution in [0.2, 0.25) is 0 Å². The van der Waals surface area contributed by atoms with Crippen molar-refractivity contribution in [1.29, 1.82) is 0 Å². The minimum absolute atomic E-state index is 0.430. The molecule has 1 aromatic heterocycles. The van der Waals surface area contributed by atoms with E-state index < -0.39 is 6.10 Å². The fraction of sp³-hybridized carbons (Fsp3) is 0.692. The van der Waals surface area contributed by atoms with Crippen molar-refractivity contribution in [3.8, 4) is 0 Å². The second-order valence-electron chi connectivity index (χ2n) is 4.59. The minimum atomic E-state index is -0.547. The van der Waals surface area contributed by atoms with E-state index in [1.807, 2.05) is 0 Å². The van der Waals surface area contributed by atoms with Crippen molar-refractivity contribution in [3.63, 3.8) is 0 Å². The Morgan fingerprint density at radius 3 is 2.75 bits per heavy atom. The summed E-state index contributed by atoms with van der Waals surface area (Å²) in [5.74, 6) is 1.35. The van der Waals surface area contributed by atoms with E-state index >= 15 is 0 Å². The summed E-state index contributed by atoms with van der Waals surface area (Å²) in [6, 6.07) is 4.02. The molecule has 1 heterocycles. The lowest BCUT2D eigenvalue weighted by Gasteiger charge is -2.19. The third kappa shape index (κ3) is 4.37. The van der Waals surface area contributed by atoms with E-state index in [1.54, 1.807) is 18.4 Å². The van der Waals surface area contributed by atoms with Gasteiger partial charge in [0.2, 0.25) is 0 Å². The maximum Gasteiger partial charge on any atom is 0.133 e. The maximum atomic E-state index is 9.79. The molecule has 0 radical (unpaired) electrons. The molecule has 3 atom stereocenters. The Morgan fingerprint density at radius 2 is 2.19 bits per heavy atom. The van der Waals surface area contributed by atoms with Gasteiger partial charge in [-0.2, -0.15) is 0 Å². The summed E-state index contributed by atoms with van der Waals surface area (Å²) in [7, 11) is 0. The molecule has 2 N–H and O–H groups in total. The number of aliphatic hydroxyl groups is 1. The van der Waals surface area contributed by atoms with Crippen LogP contribution in [0.3, 0.4) is 0 Å². The molecule has 0 spiro atoms. The zero-order chi connectivity index (χ0) is 12.0. The van der Waals surface area contributed by atoms with Gasteiger partial charge in [-0.3, -0.25) is 0 Å². The molecule has 0 bridgehead atoms. The van der Waals surface area contributed by atoms with Gasteiger partial charge < -0.3 is 14.8 Å². The van der Waals surface area contributed by atoms with E-state index in [0.29, 0.717) is 18.3 Å². The number of hydrogen-bond donors (Lipinski definition) is 2. The molecule has 0 amide bonds. The molecule has 0 saturated heterocycles. The molecular weight excluding hydrogens is 202 g/mol. The fourth-order valence-electron chi connectivity index (χ4n) is 1.75. The first-order chi connectivity index (χ1) is 7.63. The van der Waals surface area contributed by atoms with Crippen LogP contribution >= 0.6 is 0 Å². The van der Waals surface area contributed by atoms with E-state index in [-0.39, 0.29) is 0 Å². The van der Waals surface area contributed by atoms with Gasteiger partial charge >= 0.3 is 0 Å². The number of rotatable bonds is 7. The van der Waals surface area contributed by atoms with Gasteiger partial charge in [-0.15, -0.1) is 0 Å². The quantitative estimate of drug-likeness (QED) is 0.750. The van der Waals surface area contributed by atoms with Crippen LogP contribution in [-0.2, 0) is 0 Å². The minimum Gasteiger partial charge on any atom is -0.467 e. The van der Waals surface area contributed by atoms with Crippen LogP contribution in [0.4, 0.5) is 0 Å². The Bertz CT molecular complexity index is 271. The SMILES string of the molecule is CCC(C)CC(C)NCC(O)c1ccco1. The second-order valence-corrected chi connectivity index (χ2v) is 4.59. The maximum absolute atomic E-state index is 9.79. The third-order valence-electron chi connectivity index (χ3n) is 2.98. The van der Waals surface area contributed by atoms with Gasteiger partial charge in [-0.25, -0.2) is 0 Å². The summed E-state index contributed by atoms with van der Waals surface area (Å²) < 4.78 is 5.14. The van der Waals surface area contributed by atoms with Gasteiger partial charge in [0, 0.05) is 12.6 Å². The highest BCUT2D eigenvalue weighted by atomic mass is 16.4. The van der Waals surface area contributed by atoms with E-state index in [1.165, 1.54) is 6.42 Å². The number of hydrogen-bond acceptors (Lipinski definition) is 3. The molecule has 0 fully saturated rings. The first kappa shape index (κ1) is 13.3. The Balaban J connectivity index is 2.24. The first-order valence-electron chi connectivity index (χ1n) is 6.08. The first-order valence-corrected chi connectivity index (χ1v) is 6.08. The lowest BCUT2D eigenvalue weighted by molar-refractivity contribution is 0.142. The molecule has 3 heteroatoms. The molecular formula is C13H23NO2. The van der Waals surface area contributed by atoms with E-state index in [2.05, 4.69) is 26.1 Å². The van der Waals surface area contributed by atoms with Gasteiger partial charge in [-0.05, 0) is 31.4 Å². The summed E-state index contributed by atoms with van der Waals surface area (Å²) >= 11 is 0. The van der Waals surface area contributed by atoms with E-state index in [4.69, 9.17) is 4.42 Å². The Hall–Kier alpha value is -0.800. The van der Waals surface area contributed by atoms with Crippen LogP contribution in [0.5, 0.6) is 0 Å². The molecule has 0 aliphatic heterocycles. The van der Waals surface area contributed by atoms with Gasteiger partial charge in [0.1, 0.15) is 11.9 Å². The van der Waals surface area contributed by atoms with Gasteiger partial charge in [-0.1, -0.05) is 20.3 Å². The summed E-state index contributed by atoms with van der Waals surface area (Å²) in [6.07, 6.45) is 3.38. The van der Waals surface area contributed by atoms with Gasteiger partial charge in [0.25, 0.3) is 0 Å². The van der Waals surface area contributed by atoms with Crippen LogP contribution in [0.1, 0.15) is 45.5 Å². The Labute approximate surface area is 97.9 Å². The standard InChI is InChI=1S/C13H23NO2/c1-4-10(2)8-11(3)14-9-12(15)13-6-5-7-16-13/h5-7,10-12,14-15H,4,8-9H2,1-3H3. The van der Waals surface area contributed by atoms with E-state index in [0.717, 1.165) is 12.3 Å². The molecule has 0 aliphatic rings. The van der Waals surface area contributed by atoms with E-state index in [9.17, 15) is 5.11 Å². The Morgan fingerprint density at radius 1 is 1.44 bits per heavy atom. The predicted molar refractivity (Wildman–Crippen MR) is 65.2 cm³/mol. The number of aliphatic hydroxyl groups excluding tert-OH is 1. The monoisotopic (exact) mass is 225 g/mol. The molecule has 0 saturated carbocycles. The van der Waals surface area contributed by atoms with Crippen molar-refractivity contribution in [2.24, 2.45) is 5.92 Å². The smallest absolute Gasteiger partial charge is 0.133 e. The average molecular weight is 225 g/mol. The highest BCUT2D eigenvalue weighted by Gasteiger charge is 2.12. The molecule has 92 valence electrons. The molecule has 3 unspecified atom stereocenters. The largest absolute Gasteiger partial charge is 0.467 e. The average Bonchev–Trinajstić information content (AvgIpc) is 2.79. The second kappa shape index (κ2) is 6.71. The zero-order valence-corrected chi connectivity index (χ0v) is 10.4. The highest BCUT2D eigenvalue weighted by molar-refractivity contribution is 5.02. The zero-order valence-electron chi connectivity index (χ0n) is 10.4. The van der Waals surface area contributed by atoms with Crippen LogP contribution in [0.15, 0.2) is 22.8 Å². The number of nitrogens with one attached hydrogen (secondary N) is 1. The van der Waals surface area contributed by atoms with Crippen molar-refractivity contribution >= 4 is 0 Å². The predicted octanol–water partition coefficient (Wildman–Crippen LogP) is 2.73. The van der Waals surface area contributed by atoms with Crippen molar-refractivity contribution in [2.45, 2.75) is 45.8 Å². The van der Waals surface area contributed by atoms with Crippen molar-refractivity contribution in [1.82, 2.24) is 5.32 Å². The summed E-state index contributed by atoms with van der Waals surface area (Å²) in [5.41, 5.74) is 0. The Kier molecular flexibility index (Phi) is 5.56. The molecule has 1 aromatic rings. The normalized spacial score (nSPS) is 17.0. The van der Waals surface area contributed by atoms with Crippen molar-refractivity contribution in [2.75, 3.05) is 6.54 Å². The van der Waals surface area contributed by atoms with Crippen LogP contribution in [0, 0.1) is 5.92 Å². The topological polar surface area (TPSA) is 45.4 Å². The van der Waals surface area contributed by atoms with Crippen molar-refractivity contribution in [3.05, 3.63) is 24.2 Å².